The van der Waals surface area contributed by atoms with Gasteiger partial charge in [0.15, 0.2) is 0 Å². The second-order valence-corrected chi connectivity index (χ2v) is 9.19. The van der Waals surface area contributed by atoms with Gasteiger partial charge in [0.1, 0.15) is 11.3 Å². The number of benzene rings is 1. The number of carboxylic acid groups (broad SMARTS) is 2. The topological polar surface area (TPSA) is 110 Å². The van der Waals surface area contributed by atoms with Crippen LogP contribution in [0.4, 0.5) is 5.69 Å². The lowest BCUT2D eigenvalue weighted by Gasteiger charge is -2.21. The van der Waals surface area contributed by atoms with E-state index in [4.69, 9.17) is 20.4 Å². The Morgan fingerprint density at radius 3 is 2.00 bits per heavy atom. The van der Waals surface area contributed by atoms with E-state index < -0.39 is 20.3 Å². The number of rotatable bonds is 4. The molecular formula is C11H15NO5Si. The number of aromatic carboxylic acids is 2. The van der Waals surface area contributed by atoms with Crippen molar-refractivity contribution in [2.75, 3.05) is 5.73 Å². The zero-order valence-corrected chi connectivity index (χ0v) is 11.4. The first-order chi connectivity index (χ1) is 8.11. The highest BCUT2D eigenvalue weighted by Gasteiger charge is 2.23. The highest BCUT2D eigenvalue weighted by Crippen LogP contribution is 2.28. The molecule has 18 heavy (non-hydrogen) atoms. The minimum absolute atomic E-state index is 0.0132. The van der Waals surface area contributed by atoms with Gasteiger partial charge in [-0.05, 0) is 25.7 Å². The summed E-state index contributed by atoms with van der Waals surface area (Å²) in [5.41, 5.74) is 5.13. The Kier molecular flexibility index (Phi) is 3.66. The third kappa shape index (κ3) is 3.23. The van der Waals surface area contributed by atoms with Crippen LogP contribution in [0.5, 0.6) is 5.75 Å². The molecule has 0 aliphatic heterocycles. The van der Waals surface area contributed by atoms with E-state index in [9.17, 15) is 9.59 Å². The van der Waals surface area contributed by atoms with Crippen LogP contribution in [0.1, 0.15) is 20.7 Å². The van der Waals surface area contributed by atoms with Gasteiger partial charge in [-0.15, -0.1) is 0 Å². The van der Waals surface area contributed by atoms with Gasteiger partial charge in [-0.25, -0.2) is 9.59 Å². The normalized spacial score (nSPS) is 11.1. The highest BCUT2D eigenvalue weighted by molar-refractivity contribution is 6.70. The Morgan fingerprint density at radius 2 is 1.61 bits per heavy atom. The van der Waals surface area contributed by atoms with Gasteiger partial charge in [0, 0.05) is 11.8 Å². The van der Waals surface area contributed by atoms with Crippen molar-refractivity contribution in [3.05, 3.63) is 23.3 Å². The molecule has 0 aromatic heterocycles. The molecule has 0 spiro atoms. The molecule has 0 saturated carbocycles. The number of nitrogen functional groups attached to an aromatic ring is 1. The van der Waals surface area contributed by atoms with E-state index in [2.05, 4.69) is 0 Å². The summed E-state index contributed by atoms with van der Waals surface area (Å²) >= 11 is 0. The number of hydrogen-bond donors (Lipinski definition) is 3. The van der Waals surface area contributed by atoms with Gasteiger partial charge in [-0.2, -0.15) is 0 Å². The van der Waals surface area contributed by atoms with Crippen LogP contribution in [-0.2, 0) is 0 Å². The second-order valence-electron chi connectivity index (χ2n) is 4.76. The van der Waals surface area contributed by atoms with Crippen LogP contribution in [0.25, 0.3) is 0 Å². The summed E-state index contributed by atoms with van der Waals surface area (Å²) in [6.45, 7) is 5.67. The average molecular weight is 269 g/mol. The van der Waals surface area contributed by atoms with Crippen molar-refractivity contribution in [1.29, 1.82) is 0 Å². The van der Waals surface area contributed by atoms with Crippen molar-refractivity contribution in [3.8, 4) is 5.75 Å². The van der Waals surface area contributed by atoms with Crippen molar-refractivity contribution in [2.24, 2.45) is 0 Å². The summed E-state index contributed by atoms with van der Waals surface area (Å²) in [5.74, 6) is -2.40. The second kappa shape index (κ2) is 4.69. The molecule has 6 nitrogen and oxygen atoms in total. The van der Waals surface area contributed by atoms with Crippen molar-refractivity contribution < 1.29 is 24.2 Å². The molecular weight excluding hydrogens is 254 g/mol. The van der Waals surface area contributed by atoms with Crippen LogP contribution in [0.2, 0.25) is 19.6 Å². The van der Waals surface area contributed by atoms with E-state index in [0.29, 0.717) is 0 Å². The standard InChI is InChI=1S/C11H15NO5Si/c1-18(2,3)17-9-5-8(12)6(10(13)14)4-7(9)11(15)16/h4-5H,12H2,1-3H3,(H,13,14)(H,15,16). The van der Waals surface area contributed by atoms with Gasteiger partial charge in [0.2, 0.25) is 8.32 Å². The number of carbonyl (C=O) groups is 2. The van der Waals surface area contributed by atoms with Crippen molar-refractivity contribution in [1.82, 2.24) is 0 Å². The van der Waals surface area contributed by atoms with Crippen LogP contribution in [0.15, 0.2) is 12.1 Å². The maximum Gasteiger partial charge on any atom is 0.339 e. The van der Waals surface area contributed by atoms with Gasteiger partial charge in [-0.1, -0.05) is 0 Å². The summed E-state index contributed by atoms with van der Waals surface area (Å²) in [4.78, 5) is 22.0. The van der Waals surface area contributed by atoms with E-state index in [0.717, 1.165) is 6.07 Å². The molecule has 0 bridgehead atoms. The van der Waals surface area contributed by atoms with E-state index in [1.807, 2.05) is 19.6 Å². The van der Waals surface area contributed by atoms with E-state index >= 15 is 0 Å². The zero-order chi connectivity index (χ0) is 14.1. The molecule has 98 valence electrons. The minimum atomic E-state index is -2.01. The van der Waals surface area contributed by atoms with E-state index in [1.54, 1.807) is 0 Å². The summed E-state index contributed by atoms with van der Waals surface area (Å²) in [5, 5.41) is 18.0. The predicted octanol–water partition coefficient (Wildman–Crippen LogP) is 1.88. The lowest BCUT2D eigenvalue weighted by Crippen LogP contribution is -2.30. The van der Waals surface area contributed by atoms with Crippen LogP contribution >= 0.6 is 0 Å². The molecule has 1 aromatic rings. The fourth-order valence-corrected chi connectivity index (χ4v) is 2.19. The van der Waals surface area contributed by atoms with Gasteiger partial charge in [0.25, 0.3) is 0 Å². The molecule has 1 aromatic carbocycles. The third-order valence-electron chi connectivity index (χ3n) is 2.03. The molecule has 7 heteroatoms. The first kappa shape index (κ1) is 14.0. The number of anilines is 1. The minimum Gasteiger partial charge on any atom is -0.544 e. The first-order valence-electron chi connectivity index (χ1n) is 5.21. The molecule has 0 radical (unpaired) electrons. The monoisotopic (exact) mass is 269 g/mol. The summed E-state index contributed by atoms with van der Waals surface area (Å²) < 4.78 is 5.59. The van der Waals surface area contributed by atoms with Crippen molar-refractivity contribution in [3.63, 3.8) is 0 Å². The van der Waals surface area contributed by atoms with Crippen molar-refractivity contribution in [2.45, 2.75) is 19.6 Å². The fourth-order valence-electron chi connectivity index (χ4n) is 1.36. The molecule has 4 N–H and O–H groups in total. The van der Waals surface area contributed by atoms with Crippen LogP contribution in [0.3, 0.4) is 0 Å². The first-order valence-corrected chi connectivity index (χ1v) is 8.62. The van der Waals surface area contributed by atoms with Gasteiger partial charge in [-0.3, -0.25) is 0 Å². The quantitative estimate of drug-likeness (QED) is 0.568. The van der Waals surface area contributed by atoms with Gasteiger partial charge < -0.3 is 20.4 Å². The smallest absolute Gasteiger partial charge is 0.339 e. The summed E-state index contributed by atoms with van der Waals surface area (Å²) in [6, 6.07) is 2.28. The Morgan fingerprint density at radius 1 is 1.11 bits per heavy atom. The van der Waals surface area contributed by atoms with Gasteiger partial charge >= 0.3 is 11.9 Å². The Labute approximate surface area is 105 Å². The maximum atomic E-state index is 11.1. The van der Waals surface area contributed by atoms with E-state index in [1.165, 1.54) is 6.07 Å². The summed E-state index contributed by atoms with van der Waals surface area (Å²) in [7, 11) is -2.01. The van der Waals surface area contributed by atoms with E-state index in [-0.39, 0.29) is 22.6 Å². The average Bonchev–Trinajstić information content (AvgIpc) is 2.13. The Bertz CT molecular complexity index is 507. The lowest BCUT2D eigenvalue weighted by atomic mass is 10.1. The molecule has 0 amide bonds. The number of hydrogen-bond acceptors (Lipinski definition) is 4. The van der Waals surface area contributed by atoms with Gasteiger partial charge in [0.05, 0.1) is 5.56 Å². The maximum absolute atomic E-state index is 11.1. The fraction of sp³-hybridized carbons (Fsp3) is 0.273. The van der Waals surface area contributed by atoms with Crippen LogP contribution in [-0.4, -0.2) is 30.5 Å². The molecule has 0 heterocycles. The summed E-state index contributed by atoms with van der Waals surface area (Å²) in [6.07, 6.45) is 0. The number of nitrogens with two attached hydrogens (primary N) is 1. The Hall–Kier alpha value is -2.02. The zero-order valence-electron chi connectivity index (χ0n) is 10.4. The largest absolute Gasteiger partial charge is 0.544 e. The molecule has 0 fully saturated rings. The third-order valence-corrected chi connectivity index (χ3v) is 2.86. The number of carboxylic acids is 2. The molecule has 0 unspecified atom stereocenters. The van der Waals surface area contributed by atoms with Crippen molar-refractivity contribution >= 4 is 25.9 Å². The molecule has 0 saturated heterocycles. The van der Waals surface area contributed by atoms with Crippen LogP contribution < -0.4 is 10.2 Å². The predicted molar refractivity (Wildman–Crippen MR) is 68.7 cm³/mol. The molecule has 0 atom stereocenters. The molecule has 0 aliphatic rings. The Balaban J connectivity index is 3.38. The lowest BCUT2D eigenvalue weighted by molar-refractivity contribution is 0.0694. The molecule has 0 aliphatic carbocycles. The van der Waals surface area contributed by atoms with Crippen LogP contribution in [0, 0.1) is 0 Å². The highest BCUT2D eigenvalue weighted by atomic mass is 28.4. The SMILES string of the molecule is C[Si](C)(C)Oc1cc(N)c(C(=O)O)cc1C(=O)O. The molecule has 1 rings (SSSR count).